The van der Waals surface area contributed by atoms with Gasteiger partial charge in [-0.3, -0.25) is 9.59 Å². The van der Waals surface area contributed by atoms with E-state index in [1.165, 1.54) is 0 Å². The average molecular weight is 352 g/mol. The van der Waals surface area contributed by atoms with Crippen molar-refractivity contribution in [2.24, 2.45) is 0 Å². The molecule has 2 aromatic rings. The molecular weight excluding hydrogens is 332 g/mol. The van der Waals surface area contributed by atoms with E-state index in [2.05, 4.69) is 5.32 Å². The molecule has 0 unspecified atom stereocenters. The monoisotopic (exact) mass is 352 g/mol. The van der Waals surface area contributed by atoms with Crippen LogP contribution in [0.25, 0.3) is 0 Å². The van der Waals surface area contributed by atoms with Crippen LogP contribution in [0, 0.1) is 0 Å². The number of nitrogens with zero attached hydrogens (tertiary/aromatic N) is 1. The van der Waals surface area contributed by atoms with Crippen LogP contribution in [-0.2, 0) is 9.53 Å². The summed E-state index contributed by atoms with van der Waals surface area (Å²) in [5.41, 5.74) is 2.24. The van der Waals surface area contributed by atoms with Gasteiger partial charge in [0.05, 0.1) is 5.56 Å². The number of nitrogens with one attached hydrogen (secondary N) is 1. The first-order chi connectivity index (χ1) is 12.6. The van der Waals surface area contributed by atoms with Crippen molar-refractivity contribution in [3.05, 3.63) is 59.7 Å². The highest BCUT2D eigenvalue weighted by atomic mass is 16.5. The second kappa shape index (κ2) is 7.82. The first-order valence-electron chi connectivity index (χ1n) is 8.47. The van der Waals surface area contributed by atoms with Crippen molar-refractivity contribution < 1.29 is 19.1 Å². The van der Waals surface area contributed by atoms with Crippen LogP contribution >= 0.6 is 0 Å². The molecule has 1 N–H and O–H groups in total. The molecule has 0 atom stereocenters. The van der Waals surface area contributed by atoms with Crippen molar-refractivity contribution >= 4 is 29.0 Å². The van der Waals surface area contributed by atoms with Gasteiger partial charge in [0, 0.05) is 37.0 Å². The lowest BCUT2D eigenvalue weighted by molar-refractivity contribution is -0.117. The molecule has 1 aliphatic heterocycles. The highest BCUT2D eigenvalue weighted by Gasteiger charge is 2.22. The van der Waals surface area contributed by atoms with Gasteiger partial charge in [0.1, 0.15) is 0 Å². The van der Waals surface area contributed by atoms with E-state index in [1.54, 1.807) is 60.5 Å². The van der Waals surface area contributed by atoms with Crippen LogP contribution in [0.2, 0.25) is 0 Å². The maximum Gasteiger partial charge on any atom is 0.340 e. The van der Waals surface area contributed by atoms with E-state index >= 15 is 0 Å². The Hall–Kier alpha value is -3.15. The summed E-state index contributed by atoms with van der Waals surface area (Å²) in [7, 11) is 1.71. The highest BCUT2D eigenvalue weighted by molar-refractivity contribution is 6.01. The van der Waals surface area contributed by atoms with Gasteiger partial charge in [0.2, 0.25) is 5.91 Å². The van der Waals surface area contributed by atoms with E-state index in [-0.39, 0.29) is 18.3 Å². The van der Waals surface area contributed by atoms with Gasteiger partial charge < -0.3 is 15.0 Å². The summed E-state index contributed by atoms with van der Waals surface area (Å²) in [4.78, 5) is 37.9. The predicted octanol–water partition coefficient (Wildman–Crippen LogP) is 2.89. The van der Waals surface area contributed by atoms with E-state index in [4.69, 9.17) is 4.74 Å². The Kier molecular flexibility index (Phi) is 5.31. The zero-order valence-electron chi connectivity index (χ0n) is 14.5. The zero-order chi connectivity index (χ0) is 18.5. The van der Waals surface area contributed by atoms with Crippen LogP contribution in [0.15, 0.2) is 48.5 Å². The molecule has 0 bridgehead atoms. The number of esters is 1. The van der Waals surface area contributed by atoms with Crippen LogP contribution in [0.4, 0.5) is 11.4 Å². The summed E-state index contributed by atoms with van der Waals surface area (Å²) in [6.07, 6.45) is 1.41. The number of anilines is 2. The molecule has 0 radical (unpaired) electrons. The molecule has 0 aromatic heterocycles. The van der Waals surface area contributed by atoms with Crippen LogP contribution in [0.1, 0.15) is 33.6 Å². The van der Waals surface area contributed by atoms with Gasteiger partial charge in [-0.2, -0.15) is 0 Å². The lowest BCUT2D eigenvalue weighted by atomic mass is 10.1. The van der Waals surface area contributed by atoms with Crippen LogP contribution in [0.3, 0.4) is 0 Å². The number of benzene rings is 2. The minimum absolute atomic E-state index is 0.0983. The number of hydrogen-bond acceptors (Lipinski definition) is 5. The molecule has 1 aliphatic rings. The smallest absolute Gasteiger partial charge is 0.340 e. The molecule has 1 fully saturated rings. The molecule has 2 aromatic carbocycles. The molecule has 26 heavy (non-hydrogen) atoms. The maximum atomic E-state index is 12.3. The molecule has 1 heterocycles. The van der Waals surface area contributed by atoms with Gasteiger partial charge in [0.15, 0.2) is 12.4 Å². The Morgan fingerprint density at radius 2 is 1.85 bits per heavy atom. The van der Waals surface area contributed by atoms with Crippen LogP contribution < -0.4 is 10.2 Å². The Labute approximate surface area is 151 Å². The molecule has 1 amide bonds. The standard InChI is InChI=1S/C20H20N2O4/c1-21-17-6-3-2-5-16(17)20(25)26-13-18(23)14-8-10-15(11-9-14)22-12-4-7-19(22)24/h2-3,5-6,8-11,21H,4,7,12-13H2,1H3. The Balaban J connectivity index is 1.61. The Bertz CT molecular complexity index is 830. The van der Waals surface area contributed by atoms with E-state index < -0.39 is 5.97 Å². The van der Waals surface area contributed by atoms with Crippen molar-refractivity contribution in [3.63, 3.8) is 0 Å². The SMILES string of the molecule is CNc1ccccc1C(=O)OCC(=O)c1ccc(N2CCCC2=O)cc1. The summed E-state index contributed by atoms with van der Waals surface area (Å²) < 4.78 is 5.14. The number of rotatable bonds is 6. The summed E-state index contributed by atoms with van der Waals surface area (Å²) in [5.74, 6) is -0.747. The molecule has 0 spiro atoms. The van der Waals surface area contributed by atoms with Gasteiger partial charge in [0.25, 0.3) is 0 Å². The Morgan fingerprint density at radius 1 is 1.12 bits per heavy atom. The van der Waals surface area contributed by atoms with E-state index in [0.717, 1.165) is 12.1 Å². The number of para-hydroxylation sites is 1. The van der Waals surface area contributed by atoms with Gasteiger partial charge in [-0.05, 0) is 42.8 Å². The summed E-state index contributed by atoms with van der Waals surface area (Å²) in [6, 6.07) is 13.7. The summed E-state index contributed by atoms with van der Waals surface area (Å²) in [5, 5.41) is 2.91. The first kappa shape index (κ1) is 17.7. The van der Waals surface area contributed by atoms with Gasteiger partial charge >= 0.3 is 5.97 Å². The second-order valence-corrected chi connectivity index (χ2v) is 5.99. The fourth-order valence-corrected chi connectivity index (χ4v) is 2.92. The molecule has 0 saturated carbocycles. The van der Waals surface area contributed by atoms with Crippen LogP contribution in [0.5, 0.6) is 0 Å². The number of Topliss-reactive ketones (excluding diaryl/α,β-unsaturated/α-hetero) is 1. The molecular formula is C20H20N2O4. The number of ether oxygens (including phenoxy) is 1. The number of amides is 1. The van der Waals surface area contributed by atoms with Gasteiger partial charge in [-0.1, -0.05) is 12.1 Å². The maximum absolute atomic E-state index is 12.3. The predicted molar refractivity (Wildman–Crippen MR) is 98.6 cm³/mol. The fourth-order valence-electron chi connectivity index (χ4n) is 2.92. The van der Waals surface area contributed by atoms with Gasteiger partial charge in [-0.15, -0.1) is 0 Å². The molecule has 0 aliphatic carbocycles. The van der Waals surface area contributed by atoms with Crippen molar-refractivity contribution in [2.45, 2.75) is 12.8 Å². The second-order valence-electron chi connectivity index (χ2n) is 5.99. The van der Waals surface area contributed by atoms with Gasteiger partial charge in [-0.25, -0.2) is 4.79 Å². The topological polar surface area (TPSA) is 75.7 Å². The van der Waals surface area contributed by atoms with Crippen molar-refractivity contribution in [1.29, 1.82) is 0 Å². The third kappa shape index (κ3) is 3.74. The number of hydrogen-bond donors (Lipinski definition) is 1. The third-order valence-corrected chi connectivity index (χ3v) is 4.33. The first-order valence-corrected chi connectivity index (χ1v) is 8.47. The fraction of sp³-hybridized carbons (Fsp3) is 0.250. The quantitative estimate of drug-likeness (QED) is 0.639. The van der Waals surface area contributed by atoms with E-state index in [0.29, 0.717) is 29.8 Å². The molecule has 6 heteroatoms. The number of carbonyl (C=O) groups is 3. The molecule has 3 rings (SSSR count). The molecule has 1 saturated heterocycles. The minimum atomic E-state index is -0.553. The van der Waals surface area contributed by atoms with Crippen molar-refractivity contribution in [3.8, 4) is 0 Å². The number of ketones is 1. The van der Waals surface area contributed by atoms with Crippen molar-refractivity contribution in [1.82, 2.24) is 0 Å². The number of carbonyl (C=O) groups excluding carboxylic acids is 3. The molecule has 134 valence electrons. The van der Waals surface area contributed by atoms with Crippen molar-refractivity contribution in [2.75, 3.05) is 30.4 Å². The average Bonchev–Trinajstić information content (AvgIpc) is 3.11. The lowest BCUT2D eigenvalue weighted by Gasteiger charge is -2.15. The minimum Gasteiger partial charge on any atom is -0.454 e. The van der Waals surface area contributed by atoms with E-state index in [1.807, 2.05) is 0 Å². The summed E-state index contributed by atoms with van der Waals surface area (Å²) in [6.45, 7) is 0.369. The highest BCUT2D eigenvalue weighted by Crippen LogP contribution is 2.22. The summed E-state index contributed by atoms with van der Waals surface area (Å²) >= 11 is 0. The largest absolute Gasteiger partial charge is 0.454 e. The third-order valence-electron chi connectivity index (χ3n) is 4.33. The van der Waals surface area contributed by atoms with E-state index in [9.17, 15) is 14.4 Å². The normalized spacial score (nSPS) is 13.6. The lowest BCUT2D eigenvalue weighted by Crippen LogP contribution is -2.23. The molecule has 6 nitrogen and oxygen atoms in total. The zero-order valence-corrected chi connectivity index (χ0v) is 14.5. The van der Waals surface area contributed by atoms with Crippen LogP contribution in [-0.4, -0.2) is 37.9 Å². The Morgan fingerprint density at radius 3 is 2.50 bits per heavy atom.